The van der Waals surface area contributed by atoms with E-state index in [9.17, 15) is 5.11 Å². The van der Waals surface area contributed by atoms with Crippen LogP contribution in [-0.4, -0.2) is 29.6 Å². The van der Waals surface area contributed by atoms with Crippen LogP contribution in [0.1, 0.15) is 57.8 Å². The summed E-state index contributed by atoms with van der Waals surface area (Å²) in [4.78, 5) is 4.60. The molecule has 1 aliphatic carbocycles. The molecular weight excluding hydrogens is 200 g/mol. The van der Waals surface area contributed by atoms with Crippen molar-refractivity contribution in [1.82, 2.24) is 5.32 Å². The number of aliphatic hydroxyl groups is 1. The minimum atomic E-state index is -0.0541. The lowest BCUT2D eigenvalue weighted by atomic mass is 9.82. The van der Waals surface area contributed by atoms with Crippen LogP contribution in [-0.2, 0) is 0 Å². The van der Waals surface area contributed by atoms with Crippen molar-refractivity contribution in [3.8, 4) is 0 Å². The number of nitrogens with zero attached hydrogens (tertiary/aromatic N) is 1. The average molecular weight is 224 g/mol. The third-order valence-corrected chi connectivity index (χ3v) is 3.90. The van der Waals surface area contributed by atoms with Gasteiger partial charge in [-0.3, -0.25) is 4.99 Å². The van der Waals surface area contributed by atoms with Gasteiger partial charge in [0.05, 0.1) is 18.0 Å². The van der Waals surface area contributed by atoms with Crippen LogP contribution in [0.25, 0.3) is 0 Å². The van der Waals surface area contributed by atoms with E-state index in [1.807, 2.05) is 0 Å². The fraction of sp³-hybridized carbons (Fsp3) is 0.923. The molecule has 2 N–H and O–H groups in total. The summed E-state index contributed by atoms with van der Waals surface area (Å²) < 4.78 is 0. The Morgan fingerprint density at radius 2 is 1.81 bits per heavy atom. The fourth-order valence-electron chi connectivity index (χ4n) is 2.83. The predicted molar refractivity (Wildman–Crippen MR) is 66.8 cm³/mol. The number of nitrogens with one attached hydrogen (secondary N) is 1. The number of amidine groups is 1. The molecule has 0 amide bonds. The Labute approximate surface area is 98.3 Å². The van der Waals surface area contributed by atoms with Gasteiger partial charge in [0.1, 0.15) is 0 Å². The van der Waals surface area contributed by atoms with Crippen molar-refractivity contribution in [2.24, 2.45) is 4.99 Å². The highest BCUT2D eigenvalue weighted by Gasteiger charge is 2.32. The quantitative estimate of drug-likeness (QED) is 0.755. The molecule has 3 nitrogen and oxygen atoms in total. The van der Waals surface area contributed by atoms with Crippen LogP contribution >= 0.6 is 0 Å². The molecule has 0 aromatic carbocycles. The smallest absolute Gasteiger partial charge is 0.0968 e. The Morgan fingerprint density at radius 3 is 2.56 bits per heavy atom. The van der Waals surface area contributed by atoms with Crippen LogP contribution in [0.15, 0.2) is 4.99 Å². The molecular formula is C13H24N2O. The highest BCUT2D eigenvalue weighted by Crippen LogP contribution is 2.28. The van der Waals surface area contributed by atoms with Crippen LogP contribution in [0.5, 0.6) is 0 Å². The second-order valence-corrected chi connectivity index (χ2v) is 5.26. The summed E-state index contributed by atoms with van der Waals surface area (Å²) in [6, 6.07) is 0. The third-order valence-electron chi connectivity index (χ3n) is 3.90. The van der Waals surface area contributed by atoms with Crippen molar-refractivity contribution in [3.63, 3.8) is 0 Å². The van der Waals surface area contributed by atoms with E-state index in [2.05, 4.69) is 10.3 Å². The molecule has 1 aliphatic heterocycles. The Morgan fingerprint density at radius 1 is 1.06 bits per heavy atom. The van der Waals surface area contributed by atoms with Crippen LogP contribution in [0.2, 0.25) is 0 Å². The molecule has 1 saturated carbocycles. The maximum atomic E-state index is 9.62. The SMILES string of the molecule is OCC1(NC2=NCCCCC2)CCCCC1. The molecule has 1 fully saturated rings. The molecule has 3 heteroatoms. The zero-order valence-electron chi connectivity index (χ0n) is 10.2. The zero-order chi connectivity index (χ0) is 11.3. The van der Waals surface area contributed by atoms with Gasteiger partial charge in [-0.1, -0.05) is 25.7 Å². The summed E-state index contributed by atoms with van der Waals surface area (Å²) in [5, 5.41) is 13.2. The highest BCUT2D eigenvalue weighted by atomic mass is 16.3. The van der Waals surface area contributed by atoms with Gasteiger partial charge >= 0.3 is 0 Å². The Hall–Kier alpha value is -0.570. The maximum absolute atomic E-state index is 9.62. The van der Waals surface area contributed by atoms with Crippen molar-refractivity contribution in [2.45, 2.75) is 63.3 Å². The van der Waals surface area contributed by atoms with Gasteiger partial charge in [0.25, 0.3) is 0 Å². The van der Waals surface area contributed by atoms with Crippen LogP contribution in [0, 0.1) is 0 Å². The summed E-state index contributed by atoms with van der Waals surface area (Å²) in [7, 11) is 0. The Bertz CT molecular complexity index is 244. The molecule has 1 heterocycles. The summed E-state index contributed by atoms with van der Waals surface area (Å²) in [5.74, 6) is 1.15. The van der Waals surface area contributed by atoms with Gasteiger partial charge < -0.3 is 10.4 Å². The van der Waals surface area contributed by atoms with Crippen LogP contribution in [0.4, 0.5) is 0 Å². The second-order valence-electron chi connectivity index (χ2n) is 5.26. The van der Waals surface area contributed by atoms with Gasteiger partial charge in [-0.2, -0.15) is 0 Å². The van der Waals surface area contributed by atoms with Crippen LogP contribution in [0.3, 0.4) is 0 Å². The number of rotatable bonds is 2. The summed E-state index contributed by atoms with van der Waals surface area (Å²) >= 11 is 0. The third kappa shape index (κ3) is 2.97. The molecule has 2 aliphatic rings. The summed E-state index contributed by atoms with van der Waals surface area (Å²) in [6.45, 7) is 1.22. The normalized spacial score (nSPS) is 25.7. The van der Waals surface area contributed by atoms with Gasteiger partial charge in [0.2, 0.25) is 0 Å². The van der Waals surface area contributed by atoms with Gasteiger partial charge in [-0.05, 0) is 25.7 Å². The zero-order valence-corrected chi connectivity index (χ0v) is 10.2. The van der Waals surface area contributed by atoms with Gasteiger partial charge in [0.15, 0.2) is 0 Å². The monoisotopic (exact) mass is 224 g/mol. The van der Waals surface area contributed by atoms with Crippen LogP contribution < -0.4 is 5.32 Å². The molecule has 0 saturated heterocycles. The molecule has 0 radical (unpaired) electrons. The molecule has 0 bridgehead atoms. The van der Waals surface area contributed by atoms with Crippen molar-refractivity contribution in [3.05, 3.63) is 0 Å². The summed E-state index contributed by atoms with van der Waals surface area (Å²) in [6.07, 6.45) is 10.8. The lowest BCUT2D eigenvalue weighted by Gasteiger charge is -2.37. The van der Waals surface area contributed by atoms with E-state index in [0.29, 0.717) is 0 Å². The van der Waals surface area contributed by atoms with Gasteiger partial charge in [0, 0.05) is 13.0 Å². The molecule has 0 aromatic heterocycles. The Balaban J connectivity index is 1.96. The largest absolute Gasteiger partial charge is 0.394 e. The van der Waals surface area contributed by atoms with E-state index in [1.165, 1.54) is 38.5 Å². The first-order chi connectivity index (χ1) is 7.85. The molecule has 2 rings (SSSR count). The lowest BCUT2D eigenvalue weighted by molar-refractivity contribution is 0.138. The minimum absolute atomic E-state index is 0.0541. The van der Waals surface area contributed by atoms with Crippen molar-refractivity contribution >= 4 is 5.84 Å². The van der Waals surface area contributed by atoms with E-state index in [4.69, 9.17) is 0 Å². The first-order valence-electron chi connectivity index (χ1n) is 6.77. The maximum Gasteiger partial charge on any atom is 0.0968 e. The minimum Gasteiger partial charge on any atom is -0.394 e. The van der Waals surface area contributed by atoms with E-state index < -0.39 is 0 Å². The number of aliphatic imine (C=N–C) groups is 1. The first kappa shape index (κ1) is 11.9. The van der Waals surface area contributed by atoms with E-state index in [-0.39, 0.29) is 12.1 Å². The van der Waals surface area contributed by atoms with E-state index in [0.717, 1.165) is 31.6 Å². The van der Waals surface area contributed by atoms with Gasteiger partial charge in [-0.15, -0.1) is 0 Å². The number of hydrogen-bond acceptors (Lipinski definition) is 3. The molecule has 16 heavy (non-hydrogen) atoms. The van der Waals surface area contributed by atoms with Crippen molar-refractivity contribution in [1.29, 1.82) is 0 Å². The molecule has 0 spiro atoms. The first-order valence-corrected chi connectivity index (χ1v) is 6.77. The topological polar surface area (TPSA) is 44.6 Å². The average Bonchev–Trinajstić information content (AvgIpc) is 2.59. The van der Waals surface area contributed by atoms with Crippen molar-refractivity contribution in [2.75, 3.05) is 13.2 Å². The van der Waals surface area contributed by atoms with Crippen molar-refractivity contribution < 1.29 is 5.11 Å². The molecule has 0 aromatic rings. The highest BCUT2D eigenvalue weighted by molar-refractivity contribution is 5.83. The standard InChI is InChI=1S/C13H24N2O/c16-11-13(8-4-2-5-9-13)15-12-7-3-1-6-10-14-12/h16H,1-11H2,(H,14,15). The predicted octanol–water partition coefficient (Wildman–Crippen LogP) is 2.24. The number of hydrogen-bond donors (Lipinski definition) is 2. The second kappa shape index (κ2) is 5.67. The molecule has 92 valence electrons. The fourth-order valence-corrected chi connectivity index (χ4v) is 2.83. The lowest BCUT2D eigenvalue weighted by Crippen LogP contribution is -2.52. The van der Waals surface area contributed by atoms with E-state index >= 15 is 0 Å². The van der Waals surface area contributed by atoms with Gasteiger partial charge in [-0.25, -0.2) is 0 Å². The molecule has 0 unspecified atom stereocenters. The number of aliphatic hydroxyl groups excluding tert-OH is 1. The Kier molecular flexibility index (Phi) is 4.22. The molecule has 0 atom stereocenters. The van der Waals surface area contributed by atoms with E-state index in [1.54, 1.807) is 0 Å². The summed E-state index contributed by atoms with van der Waals surface area (Å²) in [5.41, 5.74) is -0.0541.